The Kier molecular flexibility index (Phi) is 2.96. The normalized spacial score (nSPS) is 16.3. The van der Waals surface area contributed by atoms with Crippen LogP contribution in [0, 0.1) is 0 Å². The van der Waals surface area contributed by atoms with Crippen LogP contribution < -0.4 is 0 Å². The van der Waals surface area contributed by atoms with E-state index in [1.165, 1.54) is 0 Å². The molecule has 3 rings (SSSR count). The van der Waals surface area contributed by atoms with E-state index in [4.69, 9.17) is 11.6 Å². The Labute approximate surface area is 120 Å². The second kappa shape index (κ2) is 4.54. The lowest BCUT2D eigenvalue weighted by atomic mass is 9.77. The van der Waals surface area contributed by atoms with Gasteiger partial charge in [0.15, 0.2) is 11.6 Å². The van der Waals surface area contributed by atoms with Crippen molar-refractivity contribution in [3.63, 3.8) is 0 Å². The molecule has 100 valence electrons. The monoisotopic (exact) mass is 286 g/mol. The van der Waals surface area contributed by atoms with Gasteiger partial charge < -0.3 is 5.11 Å². The first kappa shape index (κ1) is 13.0. The number of fused-ring (bicyclic) bond motifs is 1. The summed E-state index contributed by atoms with van der Waals surface area (Å²) >= 11 is 5.84. The molecule has 4 heteroatoms. The molecule has 0 amide bonds. The van der Waals surface area contributed by atoms with Gasteiger partial charge >= 0.3 is 0 Å². The van der Waals surface area contributed by atoms with Crippen LogP contribution in [0.15, 0.2) is 48.5 Å². The highest BCUT2D eigenvalue weighted by atomic mass is 35.5. The summed E-state index contributed by atoms with van der Waals surface area (Å²) < 4.78 is 0. The molecule has 3 nitrogen and oxygen atoms in total. The minimum Gasteiger partial charge on any atom is -0.394 e. The SMILES string of the molecule is O=C1c2ccccc2C(=O)C1(CO)c1ccc(Cl)cc1. The summed E-state index contributed by atoms with van der Waals surface area (Å²) in [5.41, 5.74) is -0.340. The lowest BCUT2D eigenvalue weighted by Gasteiger charge is -2.23. The lowest BCUT2D eigenvalue weighted by Crippen LogP contribution is -2.42. The lowest BCUT2D eigenvalue weighted by molar-refractivity contribution is 0.0711. The number of hydrogen-bond acceptors (Lipinski definition) is 3. The Morgan fingerprint density at radius 2 is 1.40 bits per heavy atom. The van der Waals surface area contributed by atoms with Crippen LogP contribution in [0.25, 0.3) is 0 Å². The van der Waals surface area contributed by atoms with E-state index in [1.807, 2.05) is 0 Å². The first-order chi connectivity index (χ1) is 9.61. The van der Waals surface area contributed by atoms with Gasteiger partial charge in [-0.05, 0) is 17.7 Å². The summed E-state index contributed by atoms with van der Waals surface area (Å²) in [6.45, 7) is -0.555. The van der Waals surface area contributed by atoms with Crippen molar-refractivity contribution >= 4 is 23.2 Å². The summed E-state index contributed by atoms with van der Waals surface area (Å²) in [6.07, 6.45) is 0. The molecule has 0 aliphatic heterocycles. The summed E-state index contributed by atoms with van der Waals surface area (Å²) in [7, 11) is 0. The van der Waals surface area contributed by atoms with Gasteiger partial charge in [-0.1, -0.05) is 48.0 Å². The number of Topliss-reactive ketones (excluding diaryl/α,β-unsaturated/α-hetero) is 2. The smallest absolute Gasteiger partial charge is 0.184 e. The molecule has 0 bridgehead atoms. The number of carbonyl (C=O) groups is 2. The van der Waals surface area contributed by atoms with E-state index < -0.39 is 12.0 Å². The largest absolute Gasteiger partial charge is 0.394 e. The summed E-state index contributed by atoms with van der Waals surface area (Å²) in [5.74, 6) is -0.717. The van der Waals surface area contributed by atoms with Gasteiger partial charge in [-0.15, -0.1) is 0 Å². The van der Waals surface area contributed by atoms with E-state index >= 15 is 0 Å². The highest BCUT2D eigenvalue weighted by molar-refractivity contribution is 6.33. The third kappa shape index (κ3) is 1.57. The fourth-order valence-electron chi connectivity index (χ4n) is 2.67. The number of rotatable bonds is 2. The standard InChI is InChI=1S/C16H11ClO3/c17-11-7-5-10(6-8-11)16(9-18)14(19)12-3-1-2-4-13(12)15(16)20/h1-8,18H,9H2. The average molecular weight is 287 g/mol. The fraction of sp³-hybridized carbons (Fsp3) is 0.125. The van der Waals surface area contributed by atoms with Crippen LogP contribution in [0.4, 0.5) is 0 Å². The van der Waals surface area contributed by atoms with Crippen molar-refractivity contribution in [3.8, 4) is 0 Å². The van der Waals surface area contributed by atoms with Crippen LogP contribution in [0.3, 0.4) is 0 Å². The molecule has 0 saturated carbocycles. The molecule has 0 fully saturated rings. The number of aliphatic hydroxyl groups excluding tert-OH is 1. The zero-order valence-corrected chi connectivity index (χ0v) is 11.2. The number of aliphatic hydroxyl groups is 1. The highest BCUT2D eigenvalue weighted by Gasteiger charge is 2.53. The molecule has 2 aromatic rings. The van der Waals surface area contributed by atoms with E-state index in [1.54, 1.807) is 48.5 Å². The molecular formula is C16H11ClO3. The average Bonchev–Trinajstić information content (AvgIpc) is 2.70. The van der Waals surface area contributed by atoms with Crippen molar-refractivity contribution in [3.05, 3.63) is 70.2 Å². The maximum atomic E-state index is 12.6. The first-order valence-corrected chi connectivity index (χ1v) is 6.54. The van der Waals surface area contributed by atoms with Crippen LogP contribution in [0.5, 0.6) is 0 Å². The summed E-state index contributed by atoms with van der Waals surface area (Å²) in [4.78, 5) is 25.3. The van der Waals surface area contributed by atoms with Gasteiger partial charge in [-0.25, -0.2) is 0 Å². The molecule has 0 atom stereocenters. The van der Waals surface area contributed by atoms with E-state index in [-0.39, 0.29) is 11.6 Å². The quantitative estimate of drug-likeness (QED) is 0.864. The van der Waals surface area contributed by atoms with Crippen molar-refractivity contribution in [2.75, 3.05) is 6.61 Å². The number of benzene rings is 2. The van der Waals surface area contributed by atoms with Crippen LogP contribution in [0.1, 0.15) is 26.3 Å². The number of hydrogen-bond donors (Lipinski definition) is 1. The topological polar surface area (TPSA) is 54.4 Å². The zero-order chi connectivity index (χ0) is 14.3. The van der Waals surface area contributed by atoms with Crippen molar-refractivity contribution in [1.82, 2.24) is 0 Å². The molecular weight excluding hydrogens is 276 g/mol. The molecule has 0 unspecified atom stereocenters. The Morgan fingerprint density at radius 3 is 1.85 bits per heavy atom. The van der Waals surface area contributed by atoms with E-state index in [9.17, 15) is 14.7 Å². The number of carbonyl (C=O) groups excluding carboxylic acids is 2. The second-order valence-electron chi connectivity index (χ2n) is 4.77. The molecule has 20 heavy (non-hydrogen) atoms. The van der Waals surface area contributed by atoms with Gasteiger partial charge in [0.1, 0.15) is 5.41 Å². The second-order valence-corrected chi connectivity index (χ2v) is 5.21. The third-order valence-corrected chi connectivity index (χ3v) is 4.02. The Balaban J connectivity index is 2.23. The first-order valence-electron chi connectivity index (χ1n) is 6.17. The van der Waals surface area contributed by atoms with Gasteiger partial charge in [-0.3, -0.25) is 9.59 Å². The Hall–Kier alpha value is -1.97. The van der Waals surface area contributed by atoms with Gasteiger partial charge in [0.2, 0.25) is 0 Å². The van der Waals surface area contributed by atoms with Crippen LogP contribution in [-0.2, 0) is 5.41 Å². The molecule has 2 aromatic carbocycles. The molecule has 0 radical (unpaired) electrons. The van der Waals surface area contributed by atoms with Gasteiger partial charge in [0.05, 0.1) is 6.61 Å². The maximum Gasteiger partial charge on any atom is 0.184 e. The van der Waals surface area contributed by atoms with Gasteiger partial charge in [0.25, 0.3) is 0 Å². The van der Waals surface area contributed by atoms with E-state index in [2.05, 4.69) is 0 Å². The van der Waals surface area contributed by atoms with E-state index in [0.717, 1.165) is 0 Å². The summed E-state index contributed by atoms with van der Waals surface area (Å²) in [5, 5.41) is 10.3. The molecule has 1 aliphatic rings. The Bertz CT molecular complexity index is 669. The van der Waals surface area contributed by atoms with Crippen molar-refractivity contribution in [2.24, 2.45) is 0 Å². The molecule has 0 aromatic heterocycles. The zero-order valence-electron chi connectivity index (χ0n) is 10.5. The minimum atomic E-state index is -1.53. The van der Waals surface area contributed by atoms with Crippen LogP contribution in [-0.4, -0.2) is 23.3 Å². The molecule has 1 N–H and O–H groups in total. The van der Waals surface area contributed by atoms with Crippen molar-refractivity contribution < 1.29 is 14.7 Å². The van der Waals surface area contributed by atoms with Crippen molar-refractivity contribution in [2.45, 2.75) is 5.41 Å². The van der Waals surface area contributed by atoms with Crippen LogP contribution in [0.2, 0.25) is 5.02 Å². The van der Waals surface area contributed by atoms with Crippen LogP contribution >= 0.6 is 11.6 Å². The fourth-order valence-corrected chi connectivity index (χ4v) is 2.80. The molecule has 0 heterocycles. The predicted octanol–water partition coefficient (Wildman–Crippen LogP) is 2.65. The highest BCUT2D eigenvalue weighted by Crippen LogP contribution is 2.39. The van der Waals surface area contributed by atoms with Gasteiger partial charge in [-0.2, -0.15) is 0 Å². The van der Waals surface area contributed by atoms with Gasteiger partial charge in [0, 0.05) is 16.1 Å². The molecule has 0 saturated heterocycles. The third-order valence-electron chi connectivity index (χ3n) is 3.77. The summed E-state index contributed by atoms with van der Waals surface area (Å²) in [6, 6.07) is 13.1. The predicted molar refractivity (Wildman–Crippen MR) is 75.3 cm³/mol. The number of ketones is 2. The van der Waals surface area contributed by atoms with Crippen molar-refractivity contribution in [1.29, 1.82) is 0 Å². The Morgan fingerprint density at radius 1 is 0.900 bits per heavy atom. The molecule has 0 spiro atoms. The maximum absolute atomic E-state index is 12.6. The molecule has 1 aliphatic carbocycles. The minimum absolute atomic E-state index is 0.358. The number of halogens is 1. The van der Waals surface area contributed by atoms with E-state index in [0.29, 0.717) is 21.7 Å².